The van der Waals surface area contributed by atoms with E-state index < -0.39 is 40.4 Å². The van der Waals surface area contributed by atoms with E-state index in [0.29, 0.717) is 18.4 Å². The van der Waals surface area contributed by atoms with Crippen molar-refractivity contribution >= 4 is 5.97 Å². The van der Waals surface area contributed by atoms with Gasteiger partial charge in [0.05, 0.1) is 17.8 Å². The molecular formula is C20H24O7. The minimum absolute atomic E-state index is 0.0467. The maximum Gasteiger partial charge on any atom is 0.337 e. The molecule has 7 rings (SSSR count). The molecular weight excluding hydrogens is 352 g/mol. The van der Waals surface area contributed by atoms with Gasteiger partial charge < -0.3 is 29.2 Å². The molecule has 0 aromatic heterocycles. The molecule has 4 aliphatic heterocycles. The summed E-state index contributed by atoms with van der Waals surface area (Å²) in [6.45, 7) is 6.51. The monoisotopic (exact) mass is 376 g/mol. The molecule has 7 nitrogen and oxygen atoms in total. The van der Waals surface area contributed by atoms with Crippen molar-refractivity contribution in [1.29, 1.82) is 0 Å². The molecule has 3 saturated heterocycles. The van der Waals surface area contributed by atoms with Crippen molar-refractivity contribution in [2.24, 2.45) is 17.3 Å². The molecule has 10 atom stereocenters. The van der Waals surface area contributed by atoms with Crippen LogP contribution in [0.3, 0.4) is 0 Å². The molecule has 2 spiro atoms. The predicted molar refractivity (Wildman–Crippen MR) is 88.5 cm³/mol. The third-order valence-electron chi connectivity index (χ3n) is 9.09. The first-order chi connectivity index (χ1) is 12.8. The molecule has 1 unspecified atom stereocenters. The van der Waals surface area contributed by atoms with Crippen LogP contribution >= 0.6 is 0 Å². The topological polar surface area (TPSA) is 104 Å². The van der Waals surface area contributed by atoms with Crippen molar-refractivity contribution in [3.63, 3.8) is 0 Å². The summed E-state index contributed by atoms with van der Waals surface area (Å²) in [5, 5.41) is 22.3. The highest BCUT2D eigenvalue weighted by atomic mass is 16.7. The number of esters is 1. The smallest absolute Gasteiger partial charge is 0.337 e. The minimum atomic E-state index is -0.864. The van der Waals surface area contributed by atoms with E-state index in [1.807, 2.05) is 0 Å². The maximum atomic E-state index is 12.1. The summed E-state index contributed by atoms with van der Waals surface area (Å²) in [5.74, 6) is -0.186. The van der Waals surface area contributed by atoms with Crippen molar-refractivity contribution in [3.8, 4) is 0 Å². The van der Waals surface area contributed by atoms with Gasteiger partial charge in [0, 0.05) is 5.41 Å². The Morgan fingerprint density at radius 3 is 2.67 bits per heavy atom. The number of aliphatic hydroxyl groups excluding tert-OH is 2. The van der Waals surface area contributed by atoms with Gasteiger partial charge in [-0.25, -0.2) is 4.79 Å². The lowest BCUT2D eigenvalue weighted by Crippen LogP contribution is -2.69. The molecule has 2 saturated carbocycles. The number of cyclic esters (lactones) is 1. The van der Waals surface area contributed by atoms with Crippen LogP contribution in [0, 0.1) is 17.3 Å². The minimum Gasteiger partial charge on any atom is -0.458 e. The van der Waals surface area contributed by atoms with Gasteiger partial charge in [-0.2, -0.15) is 0 Å². The maximum absolute atomic E-state index is 12.1. The number of ether oxygens (including phenoxy) is 4. The summed E-state index contributed by atoms with van der Waals surface area (Å²) >= 11 is 0. The predicted octanol–water partition coefficient (Wildman–Crippen LogP) is 0.0739. The number of rotatable bonds is 1. The first-order valence-electron chi connectivity index (χ1n) is 10.1. The third-order valence-corrected chi connectivity index (χ3v) is 9.09. The molecule has 2 N–H and O–H groups in total. The second-order valence-electron chi connectivity index (χ2n) is 10.1. The normalized spacial score (nSPS) is 64.0. The molecule has 0 bridgehead atoms. The number of hydrogen-bond acceptors (Lipinski definition) is 7. The SMILES string of the molecule is CC(C)[C@]12O[C@H]1[C@@H]1O[C@]13[C@]1(O[C@H]1CC1C4=C(C(=O)OC4)[C@@H](O)C[C@@]13C)[C@@H]2O. The number of aliphatic hydroxyl groups is 2. The molecule has 0 aromatic rings. The van der Waals surface area contributed by atoms with E-state index in [1.165, 1.54) is 0 Å². The fraction of sp³-hybridized carbons (Fsp3) is 0.850. The highest BCUT2D eigenvalue weighted by Gasteiger charge is 3.00. The van der Waals surface area contributed by atoms with Crippen LogP contribution in [-0.2, 0) is 23.7 Å². The quantitative estimate of drug-likeness (QED) is 0.493. The summed E-state index contributed by atoms with van der Waals surface area (Å²) in [7, 11) is 0. The van der Waals surface area contributed by atoms with Crippen LogP contribution in [-0.4, -0.2) is 70.1 Å². The zero-order valence-corrected chi connectivity index (χ0v) is 15.6. The highest BCUT2D eigenvalue weighted by molar-refractivity contribution is 5.93. The van der Waals surface area contributed by atoms with Gasteiger partial charge >= 0.3 is 5.97 Å². The van der Waals surface area contributed by atoms with Crippen molar-refractivity contribution < 1.29 is 34.0 Å². The lowest BCUT2D eigenvalue weighted by molar-refractivity contribution is -0.137. The van der Waals surface area contributed by atoms with Crippen LogP contribution < -0.4 is 0 Å². The van der Waals surface area contributed by atoms with E-state index >= 15 is 0 Å². The standard InChI is InChI=1S/C20H24O7/c1-7(2)18-13(26-18)14-20(27-14)17(3)5-10(21)12-8(6-24-15(12)22)9(17)4-11-19(20,25-11)16(18)23/h7,9-11,13-14,16,21,23H,4-6H2,1-3H3/t9?,10-,11-,13-,14-,16+,17-,18-,19+,20+/m0/s1. The summed E-state index contributed by atoms with van der Waals surface area (Å²) in [5.41, 5.74) is -1.12. The third kappa shape index (κ3) is 1.27. The lowest BCUT2D eigenvalue weighted by atomic mass is 9.46. The van der Waals surface area contributed by atoms with Gasteiger partial charge in [-0.05, 0) is 30.3 Å². The molecule has 4 heterocycles. The van der Waals surface area contributed by atoms with Crippen LogP contribution in [0.5, 0.6) is 0 Å². The summed E-state index contributed by atoms with van der Waals surface area (Å²) in [6, 6.07) is 0. The molecule has 0 radical (unpaired) electrons. The fourth-order valence-corrected chi connectivity index (χ4v) is 7.80. The van der Waals surface area contributed by atoms with Gasteiger partial charge in [-0.1, -0.05) is 20.8 Å². The van der Waals surface area contributed by atoms with Gasteiger partial charge in [-0.3, -0.25) is 0 Å². The molecule has 7 heteroatoms. The molecule has 0 aromatic carbocycles. The summed E-state index contributed by atoms with van der Waals surface area (Å²) in [4.78, 5) is 12.1. The van der Waals surface area contributed by atoms with E-state index in [4.69, 9.17) is 18.9 Å². The number of fused-ring (bicyclic) bond motifs is 4. The van der Waals surface area contributed by atoms with E-state index in [0.717, 1.165) is 5.57 Å². The van der Waals surface area contributed by atoms with E-state index in [2.05, 4.69) is 20.8 Å². The van der Waals surface area contributed by atoms with Crippen LogP contribution in [0.15, 0.2) is 11.1 Å². The van der Waals surface area contributed by atoms with E-state index in [-0.39, 0.29) is 36.8 Å². The van der Waals surface area contributed by atoms with Gasteiger partial charge in [0.15, 0.2) is 5.60 Å². The molecule has 7 aliphatic rings. The Morgan fingerprint density at radius 2 is 1.93 bits per heavy atom. The lowest BCUT2D eigenvalue weighted by Gasteiger charge is -2.54. The first-order valence-corrected chi connectivity index (χ1v) is 10.1. The Kier molecular flexibility index (Phi) is 2.35. The van der Waals surface area contributed by atoms with Gasteiger partial charge in [0.2, 0.25) is 0 Å². The molecule has 5 fully saturated rings. The second kappa shape index (κ2) is 4.00. The Bertz CT molecular complexity index is 851. The van der Waals surface area contributed by atoms with Crippen LogP contribution in [0.4, 0.5) is 0 Å². The van der Waals surface area contributed by atoms with Gasteiger partial charge in [-0.15, -0.1) is 0 Å². The average Bonchev–Trinajstić information content (AvgIpc) is 3.48. The highest BCUT2D eigenvalue weighted by Crippen LogP contribution is 2.82. The van der Waals surface area contributed by atoms with Crippen molar-refractivity contribution in [2.75, 3.05) is 6.61 Å². The van der Waals surface area contributed by atoms with Gasteiger partial charge in [0.25, 0.3) is 0 Å². The van der Waals surface area contributed by atoms with E-state index in [1.54, 1.807) is 0 Å². The fourth-order valence-electron chi connectivity index (χ4n) is 7.80. The summed E-state index contributed by atoms with van der Waals surface area (Å²) in [6.07, 6.45) is -0.861. The molecule has 3 aliphatic carbocycles. The first kappa shape index (κ1) is 15.9. The molecule has 0 amide bonds. The second-order valence-corrected chi connectivity index (χ2v) is 10.1. The number of carbonyl (C=O) groups excluding carboxylic acids is 1. The Labute approximate surface area is 156 Å². The molecule has 146 valence electrons. The summed E-state index contributed by atoms with van der Waals surface area (Å²) < 4.78 is 24.1. The zero-order chi connectivity index (χ0) is 18.7. The van der Waals surface area contributed by atoms with Crippen LogP contribution in [0.25, 0.3) is 0 Å². The van der Waals surface area contributed by atoms with Crippen molar-refractivity contribution in [1.82, 2.24) is 0 Å². The van der Waals surface area contributed by atoms with Crippen molar-refractivity contribution in [2.45, 2.75) is 80.9 Å². The van der Waals surface area contributed by atoms with Crippen molar-refractivity contribution in [3.05, 3.63) is 11.1 Å². The van der Waals surface area contributed by atoms with Gasteiger partial charge in [0.1, 0.15) is 36.1 Å². The average molecular weight is 376 g/mol. The largest absolute Gasteiger partial charge is 0.458 e. The Morgan fingerprint density at radius 1 is 1.15 bits per heavy atom. The Balaban J connectivity index is 1.40. The van der Waals surface area contributed by atoms with E-state index in [9.17, 15) is 15.0 Å². The zero-order valence-electron chi connectivity index (χ0n) is 15.6. The number of hydrogen-bond donors (Lipinski definition) is 2. The Hall–Kier alpha value is -0.990. The van der Waals surface area contributed by atoms with Crippen LogP contribution in [0.2, 0.25) is 0 Å². The number of carbonyl (C=O) groups is 1. The van der Waals surface area contributed by atoms with Crippen LogP contribution in [0.1, 0.15) is 33.6 Å². The number of epoxide rings is 3. The molecule has 27 heavy (non-hydrogen) atoms.